The van der Waals surface area contributed by atoms with Gasteiger partial charge in [-0.25, -0.2) is 9.37 Å². The molecule has 0 spiro atoms. The molecule has 0 radical (unpaired) electrons. The normalized spacial score (nSPS) is 21.9. The SMILES string of the molecule is COc1cc(F)c2nc(N3CCC(NC4CCOCC4)C(C)C3)c(-c3nc(C)no3)c(C)c2c1. The Hall–Kier alpha value is -2.78. The predicted octanol–water partition coefficient (Wildman–Crippen LogP) is 4.03. The number of anilines is 1. The Bertz CT molecular complexity index is 1180. The number of ether oxygens (including phenoxy) is 2. The molecule has 2 aliphatic rings. The van der Waals surface area contributed by atoms with Gasteiger partial charge in [-0.3, -0.25) is 0 Å². The smallest absolute Gasteiger partial charge is 0.261 e. The lowest BCUT2D eigenvalue weighted by Crippen LogP contribution is -2.52. The van der Waals surface area contributed by atoms with Crippen molar-refractivity contribution in [1.82, 2.24) is 20.4 Å². The molecule has 1 aromatic carbocycles. The van der Waals surface area contributed by atoms with E-state index in [2.05, 4.69) is 27.3 Å². The number of halogens is 1. The summed E-state index contributed by atoms with van der Waals surface area (Å²) in [5.74, 6) is 2.07. The van der Waals surface area contributed by atoms with Crippen LogP contribution in [0.1, 0.15) is 37.6 Å². The van der Waals surface area contributed by atoms with Gasteiger partial charge in [0, 0.05) is 49.8 Å². The first kappa shape index (κ1) is 23.0. The highest BCUT2D eigenvalue weighted by atomic mass is 19.1. The molecule has 8 nitrogen and oxygen atoms in total. The Morgan fingerprint density at radius 2 is 1.94 bits per heavy atom. The molecule has 0 amide bonds. The Labute approximate surface area is 198 Å². The number of fused-ring (bicyclic) bond motifs is 1. The number of nitrogens with zero attached hydrogens (tertiary/aromatic N) is 4. The molecule has 2 unspecified atom stereocenters. The second-order valence-electron chi connectivity index (χ2n) is 9.46. The molecule has 3 aromatic rings. The Kier molecular flexibility index (Phi) is 6.40. The van der Waals surface area contributed by atoms with Crippen molar-refractivity contribution in [2.24, 2.45) is 5.92 Å². The van der Waals surface area contributed by atoms with Gasteiger partial charge in [-0.05, 0) is 50.7 Å². The van der Waals surface area contributed by atoms with Gasteiger partial charge in [0.1, 0.15) is 17.1 Å². The largest absolute Gasteiger partial charge is 0.497 e. The zero-order valence-corrected chi connectivity index (χ0v) is 20.2. The number of aromatic nitrogens is 3. The van der Waals surface area contributed by atoms with Crippen LogP contribution in [0, 0.1) is 25.6 Å². The summed E-state index contributed by atoms with van der Waals surface area (Å²) in [5, 5.41) is 8.52. The van der Waals surface area contributed by atoms with Gasteiger partial charge in [-0.15, -0.1) is 0 Å². The standard InChI is InChI=1S/C25H32FN5O3/c1-14-13-31(8-5-21(14)28-17-6-9-33-10-7-17)24-22(25-27-16(3)30-34-25)15(2)19-11-18(32-4)12-20(26)23(19)29-24/h11-12,14,17,21,28H,5-10,13H2,1-4H3. The first-order chi connectivity index (χ1) is 16.4. The Morgan fingerprint density at radius 1 is 1.15 bits per heavy atom. The molecule has 0 aliphatic carbocycles. The van der Waals surface area contributed by atoms with Crippen LogP contribution in [0.5, 0.6) is 5.75 Å². The van der Waals surface area contributed by atoms with Crippen LogP contribution in [0.15, 0.2) is 16.7 Å². The van der Waals surface area contributed by atoms with Gasteiger partial charge in [0.25, 0.3) is 5.89 Å². The number of hydrogen-bond acceptors (Lipinski definition) is 8. The summed E-state index contributed by atoms with van der Waals surface area (Å²) in [6.45, 7) is 9.26. The molecule has 5 rings (SSSR count). The van der Waals surface area contributed by atoms with E-state index in [1.54, 1.807) is 6.92 Å². The third kappa shape index (κ3) is 4.34. The van der Waals surface area contributed by atoms with Gasteiger partial charge in [0.05, 0.1) is 12.7 Å². The summed E-state index contributed by atoms with van der Waals surface area (Å²) in [6, 6.07) is 4.12. The van der Waals surface area contributed by atoms with E-state index in [1.165, 1.54) is 13.2 Å². The van der Waals surface area contributed by atoms with E-state index in [1.807, 2.05) is 13.0 Å². The van der Waals surface area contributed by atoms with Crippen molar-refractivity contribution in [2.75, 3.05) is 38.3 Å². The number of pyridine rings is 1. The molecule has 9 heteroatoms. The molecule has 2 saturated heterocycles. The summed E-state index contributed by atoms with van der Waals surface area (Å²) in [4.78, 5) is 11.5. The number of aryl methyl sites for hydroxylation is 2. The lowest BCUT2D eigenvalue weighted by atomic mass is 9.91. The lowest BCUT2D eigenvalue weighted by Gasteiger charge is -2.41. The molecule has 2 fully saturated rings. The third-order valence-corrected chi connectivity index (χ3v) is 7.11. The second-order valence-corrected chi connectivity index (χ2v) is 9.46. The number of methoxy groups -OCH3 is 1. The molecule has 2 aromatic heterocycles. The van der Waals surface area contributed by atoms with Gasteiger partial charge in [-0.2, -0.15) is 4.98 Å². The average molecular weight is 470 g/mol. The maximum Gasteiger partial charge on any atom is 0.261 e. The summed E-state index contributed by atoms with van der Waals surface area (Å²) in [7, 11) is 1.53. The quantitative estimate of drug-likeness (QED) is 0.600. The Balaban J connectivity index is 1.51. The van der Waals surface area contributed by atoms with E-state index in [-0.39, 0.29) is 0 Å². The minimum absolute atomic E-state index is 0.323. The van der Waals surface area contributed by atoms with E-state index >= 15 is 4.39 Å². The molecule has 0 bridgehead atoms. The topological polar surface area (TPSA) is 85.5 Å². The van der Waals surface area contributed by atoms with E-state index in [4.69, 9.17) is 19.0 Å². The van der Waals surface area contributed by atoms with Crippen LogP contribution in [0.25, 0.3) is 22.4 Å². The first-order valence-electron chi connectivity index (χ1n) is 12.0. The van der Waals surface area contributed by atoms with E-state index in [9.17, 15) is 0 Å². The number of nitrogens with one attached hydrogen (secondary N) is 1. The molecular formula is C25H32FN5O3. The molecular weight excluding hydrogens is 437 g/mol. The molecule has 2 atom stereocenters. The maximum atomic E-state index is 15.1. The fraction of sp³-hybridized carbons (Fsp3) is 0.560. The summed E-state index contributed by atoms with van der Waals surface area (Å²) in [5.41, 5.74) is 1.92. The van der Waals surface area contributed by atoms with Crippen molar-refractivity contribution in [2.45, 2.75) is 52.1 Å². The van der Waals surface area contributed by atoms with Crippen molar-refractivity contribution in [3.8, 4) is 17.2 Å². The van der Waals surface area contributed by atoms with E-state index in [0.717, 1.165) is 56.7 Å². The van der Waals surface area contributed by atoms with E-state index in [0.29, 0.717) is 52.2 Å². The summed E-state index contributed by atoms with van der Waals surface area (Å²) < 4.78 is 31.4. The second kappa shape index (κ2) is 9.46. The highest BCUT2D eigenvalue weighted by molar-refractivity contribution is 5.93. The van der Waals surface area contributed by atoms with Crippen LogP contribution in [-0.4, -0.2) is 60.6 Å². The van der Waals surface area contributed by atoms with Gasteiger partial charge in [0.2, 0.25) is 0 Å². The number of piperidine rings is 1. The molecule has 2 aliphatic heterocycles. The molecule has 0 saturated carbocycles. The van der Waals surface area contributed by atoms with Crippen LogP contribution in [0.4, 0.5) is 10.2 Å². The van der Waals surface area contributed by atoms with Crippen molar-refractivity contribution < 1.29 is 18.4 Å². The Morgan fingerprint density at radius 3 is 2.62 bits per heavy atom. The average Bonchev–Trinajstić information content (AvgIpc) is 3.27. The van der Waals surface area contributed by atoms with Crippen molar-refractivity contribution in [1.29, 1.82) is 0 Å². The molecule has 182 valence electrons. The first-order valence-corrected chi connectivity index (χ1v) is 12.0. The predicted molar refractivity (Wildman–Crippen MR) is 128 cm³/mol. The van der Waals surface area contributed by atoms with Crippen LogP contribution in [0.2, 0.25) is 0 Å². The van der Waals surface area contributed by atoms with E-state index < -0.39 is 5.82 Å². The molecule has 34 heavy (non-hydrogen) atoms. The summed E-state index contributed by atoms with van der Waals surface area (Å²) in [6.07, 6.45) is 3.09. The minimum atomic E-state index is -0.406. The summed E-state index contributed by atoms with van der Waals surface area (Å²) >= 11 is 0. The molecule has 1 N–H and O–H groups in total. The molecule has 4 heterocycles. The fourth-order valence-corrected chi connectivity index (χ4v) is 5.19. The van der Waals surface area contributed by atoms with Crippen molar-refractivity contribution >= 4 is 16.7 Å². The van der Waals surface area contributed by atoms with Gasteiger partial charge >= 0.3 is 0 Å². The zero-order valence-electron chi connectivity index (χ0n) is 20.2. The van der Waals surface area contributed by atoms with Crippen molar-refractivity contribution in [3.05, 3.63) is 29.3 Å². The van der Waals surface area contributed by atoms with Crippen LogP contribution in [0.3, 0.4) is 0 Å². The number of benzene rings is 1. The van der Waals surface area contributed by atoms with Crippen molar-refractivity contribution in [3.63, 3.8) is 0 Å². The third-order valence-electron chi connectivity index (χ3n) is 7.11. The lowest BCUT2D eigenvalue weighted by molar-refractivity contribution is 0.0714. The zero-order chi connectivity index (χ0) is 23.8. The highest BCUT2D eigenvalue weighted by Gasteiger charge is 2.32. The van der Waals surface area contributed by atoms with Crippen LogP contribution >= 0.6 is 0 Å². The van der Waals surface area contributed by atoms with Gasteiger partial charge in [0.15, 0.2) is 11.6 Å². The monoisotopic (exact) mass is 469 g/mol. The number of hydrogen-bond donors (Lipinski definition) is 1. The maximum absolute atomic E-state index is 15.1. The van der Waals surface area contributed by atoms with Gasteiger partial charge in [-0.1, -0.05) is 12.1 Å². The highest BCUT2D eigenvalue weighted by Crippen LogP contribution is 2.39. The van der Waals surface area contributed by atoms with Crippen LogP contribution < -0.4 is 15.0 Å². The van der Waals surface area contributed by atoms with Crippen LogP contribution in [-0.2, 0) is 4.74 Å². The fourth-order valence-electron chi connectivity index (χ4n) is 5.19. The van der Waals surface area contributed by atoms with Gasteiger partial charge < -0.3 is 24.2 Å². The number of rotatable bonds is 5. The minimum Gasteiger partial charge on any atom is -0.497 e.